The summed E-state index contributed by atoms with van der Waals surface area (Å²) in [5, 5.41) is 7.97. The van der Waals surface area contributed by atoms with Crippen LogP contribution >= 0.6 is 0 Å². The van der Waals surface area contributed by atoms with Gasteiger partial charge in [0.2, 0.25) is 0 Å². The summed E-state index contributed by atoms with van der Waals surface area (Å²) in [5.74, 6) is 1.51. The van der Waals surface area contributed by atoms with Crippen LogP contribution in [0.1, 0.15) is 32.4 Å². The average Bonchev–Trinajstić information content (AvgIpc) is 2.94. The number of nitrogen functional groups attached to an aromatic ring is 1. The van der Waals surface area contributed by atoms with Crippen LogP contribution in [0, 0.1) is 5.92 Å². The second-order valence-corrected chi connectivity index (χ2v) is 5.14. The van der Waals surface area contributed by atoms with Crippen LogP contribution in [0.5, 0.6) is 0 Å². The van der Waals surface area contributed by atoms with Crippen LogP contribution < -0.4 is 11.1 Å². The Labute approximate surface area is 109 Å². The van der Waals surface area contributed by atoms with Gasteiger partial charge >= 0.3 is 0 Å². The van der Waals surface area contributed by atoms with E-state index in [1.807, 2.05) is 11.7 Å². The third kappa shape index (κ3) is 2.61. The molecule has 1 aliphatic heterocycles. The zero-order chi connectivity index (χ0) is 13.1. The van der Waals surface area contributed by atoms with Crippen molar-refractivity contribution in [2.24, 2.45) is 13.0 Å². The molecule has 0 amide bonds. The van der Waals surface area contributed by atoms with Crippen molar-refractivity contribution in [2.75, 3.05) is 24.3 Å². The van der Waals surface area contributed by atoms with Gasteiger partial charge in [-0.15, -0.1) is 0 Å². The van der Waals surface area contributed by atoms with E-state index in [9.17, 15) is 0 Å². The van der Waals surface area contributed by atoms with Gasteiger partial charge in [-0.1, -0.05) is 13.3 Å². The minimum Gasteiger partial charge on any atom is -0.394 e. The first-order valence-electron chi connectivity index (χ1n) is 6.79. The smallest absolute Gasteiger partial charge is 0.147 e. The highest BCUT2D eigenvalue weighted by atomic mass is 16.5. The van der Waals surface area contributed by atoms with E-state index in [4.69, 9.17) is 10.5 Å². The predicted octanol–water partition coefficient (Wildman–Crippen LogP) is 1.79. The van der Waals surface area contributed by atoms with Gasteiger partial charge in [0.15, 0.2) is 0 Å². The topological polar surface area (TPSA) is 65.1 Å². The zero-order valence-corrected chi connectivity index (χ0v) is 11.6. The van der Waals surface area contributed by atoms with E-state index in [2.05, 4.69) is 24.3 Å². The first-order chi connectivity index (χ1) is 8.63. The van der Waals surface area contributed by atoms with Crippen LogP contribution in [0.2, 0.25) is 0 Å². The van der Waals surface area contributed by atoms with Crippen molar-refractivity contribution in [3.8, 4) is 0 Å². The van der Waals surface area contributed by atoms with Crippen molar-refractivity contribution in [1.29, 1.82) is 0 Å². The van der Waals surface area contributed by atoms with Crippen LogP contribution in [0.15, 0.2) is 0 Å². The Morgan fingerprint density at radius 1 is 1.61 bits per heavy atom. The highest BCUT2D eigenvalue weighted by Crippen LogP contribution is 2.26. The van der Waals surface area contributed by atoms with Crippen molar-refractivity contribution >= 4 is 11.5 Å². The lowest BCUT2D eigenvalue weighted by molar-refractivity contribution is 0.183. The Bertz CT molecular complexity index is 396. The van der Waals surface area contributed by atoms with E-state index >= 15 is 0 Å². The number of hydrogen-bond acceptors (Lipinski definition) is 4. The van der Waals surface area contributed by atoms with E-state index in [1.54, 1.807) is 0 Å². The molecule has 0 aromatic carbocycles. The molecule has 1 fully saturated rings. The maximum absolute atomic E-state index is 6.16. The van der Waals surface area contributed by atoms with Crippen LogP contribution in [0.3, 0.4) is 0 Å². The summed E-state index contributed by atoms with van der Waals surface area (Å²) < 4.78 is 7.28. The largest absolute Gasteiger partial charge is 0.394 e. The zero-order valence-electron chi connectivity index (χ0n) is 11.6. The highest BCUT2D eigenvalue weighted by molar-refractivity contribution is 5.65. The molecular weight excluding hydrogens is 228 g/mol. The normalized spacial score (nSPS) is 21.2. The van der Waals surface area contributed by atoms with Crippen LogP contribution in [-0.4, -0.2) is 29.0 Å². The second-order valence-electron chi connectivity index (χ2n) is 5.14. The molecule has 1 aromatic heterocycles. The lowest BCUT2D eigenvalue weighted by atomic mass is 10.0. The van der Waals surface area contributed by atoms with E-state index in [1.165, 1.54) is 0 Å². The van der Waals surface area contributed by atoms with Gasteiger partial charge in [0, 0.05) is 25.6 Å². The molecule has 1 saturated heterocycles. The van der Waals surface area contributed by atoms with Crippen molar-refractivity contribution in [3.05, 3.63) is 5.69 Å². The van der Waals surface area contributed by atoms with Crippen LogP contribution in [0.4, 0.5) is 11.5 Å². The van der Waals surface area contributed by atoms with Gasteiger partial charge in [0.1, 0.15) is 5.82 Å². The number of aryl methyl sites for hydroxylation is 2. The molecule has 0 bridgehead atoms. The fourth-order valence-corrected chi connectivity index (χ4v) is 2.47. The summed E-state index contributed by atoms with van der Waals surface area (Å²) in [6, 6.07) is 0.361. The van der Waals surface area contributed by atoms with Gasteiger partial charge < -0.3 is 15.8 Å². The molecule has 1 aromatic rings. The molecule has 2 atom stereocenters. The van der Waals surface area contributed by atoms with Crippen molar-refractivity contribution in [3.63, 3.8) is 0 Å². The number of nitrogens with zero attached hydrogens (tertiary/aromatic N) is 2. The fraction of sp³-hybridized carbons (Fsp3) is 0.769. The van der Waals surface area contributed by atoms with E-state index in [0.29, 0.717) is 12.0 Å². The lowest BCUT2D eigenvalue weighted by Gasteiger charge is -2.20. The minimum absolute atomic E-state index is 0.361. The molecule has 2 unspecified atom stereocenters. The van der Waals surface area contributed by atoms with Gasteiger partial charge in [0.25, 0.3) is 0 Å². The first-order valence-corrected chi connectivity index (χ1v) is 6.79. The fourth-order valence-electron chi connectivity index (χ4n) is 2.47. The number of nitrogens with two attached hydrogens (primary N) is 1. The third-order valence-electron chi connectivity index (χ3n) is 3.68. The molecule has 0 spiro atoms. The first kappa shape index (κ1) is 13.2. The van der Waals surface area contributed by atoms with E-state index in [0.717, 1.165) is 49.7 Å². The number of ether oxygens (including phenoxy) is 1. The Kier molecular flexibility index (Phi) is 4.11. The molecular formula is C13H24N4O. The number of hydrogen-bond donors (Lipinski definition) is 2. The molecule has 18 heavy (non-hydrogen) atoms. The van der Waals surface area contributed by atoms with Crippen LogP contribution in [0.25, 0.3) is 0 Å². The quantitative estimate of drug-likeness (QED) is 0.838. The Balaban J connectivity index is 2.08. The monoisotopic (exact) mass is 252 g/mol. The Morgan fingerprint density at radius 2 is 2.39 bits per heavy atom. The molecule has 2 heterocycles. The van der Waals surface area contributed by atoms with Crippen molar-refractivity contribution in [2.45, 2.75) is 39.2 Å². The lowest BCUT2D eigenvalue weighted by Crippen LogP contribution is -2.27. The molecule has 5 nitrogen and oxygen atoms in total. The summed E-state index contributed by atoms with van der Waals surface area (Å²) in [5.41, 5.74) is 7.95. The summed E-state index contributed by atoms with van der Waals surface area (Å²) in [7, 11) is 1.94. The van der Waals surface area contributed by atoms with Gasteiger partial charge in [-0.25, -0.2) is 0 Å². The second kappa shape index (κ2) is 5.61. The summed E-state index contributed by atoms with van der Waals surface area (Å²) >= 11 is 0. The SMILES string of the molecule is CCCc1nn(C)c(NC(C)C2CCOC2)c1N. The number of aromatic nitrogens is 2. The van der Waals surface area contributed by atoms with E-state index < -0.39 is 0 Å². The average molecular weight is 252 g/mol. The molecule has 0 aliphatic carbocycles. The maximum Gasteiger partial charge on any atom is 0.147 e. The van der Waals surface area contributed by atoms with Gasteiger partial charge in [-0.3, -0.25) is 4.68 Å². The predicted molar refractivity (Wildman–Crippen MR) is 73.6 cm³/mol. The molecule has 0 saturated carbocycles. The molecule has 3 N–H and O–H groups in total. The minimum atomic E-state index is 0.361. The molecule has 5 heteroatoms. The molecule has 2 rings (SSSR count). The standard InChI is InChI=1S/C13H24N4O/c1-4-5-11-12(14)13(17(3)16-11)15-9(2)10-6-7-18-8-10/h9-10,15H,4-8,14H2,1-3H3. The third-order valence-corrected chi connectivity index (χ3v) is 3.68. The Hall–Kier alpha value is -1.23. The van der Waals surface area contributed by atoms with E-state index in [-0.39, 0.29) is 0 Å². The number of rotatable bonds is 5. The summed E-state index contributed by atoms with van der Waals surface area (Å²) in [6.07, 6.45) is 3.11. The van der Waals surface area contributed by atoms with Crippen molar-refractivity contribution < 1.29 is 4.74 Å². The molecule has 0 radical (unpaired) electrons. The number of nitrogens with one attached hydrogen (secondary N) is 1. The van der Waals surface area contributed by atoms with Gasteiger partial charge in [-0.2, -0.15) is 5.10 Å². The highest BCUT2D eigenvalue weighted by Gasteiger charge is 2.24. The van der Waals surface area contributed by atoms with Gasteiger partial charge in [-0.05, 0) is 19.8 Å². The van der Waals surface area contributed by atoms with Crippen LogP contribution in [-0.2, 0) is 18.2 Å². The maximum atomic E-state index is 6.16. The van der Waals surface area contributed by atoms with Gasteiger partial charge in [0.05, 0.1) is 18.0 Å². The molecule has 102 valence electrons. The van der Waals surface area contributed by atoms with Crippen molar-refractivity contribution in [1.82, 2.24) is 9.78 Å². The Morgan fingerprint density at radius 3 is 3.00 bits per heavy atom. The number of anilines is 2. The summed E-state index contributed by atoms with van der Waals surface area (Å²) in [4.78, 5) is 0. The molecule has 1 aliphatic rings. The summed E-state index contributed by atoms with van der Waals surface area (Å²) in [6.45, 7) is 6.04.